The van der Waals surface area contributed by atoms with Crippen molar-refractivity contribution in [2.45, 2.75) is 23.8 Å². The van der Waals surface area contributed by atoms with Gasteiger partial charge in [-0.15, -0.1) is 0 Å². The summed E-state index contributed by atoms with van der Waals surface area (Å²) in [7, 11) is -2.54. The molecule has 9 heteroatoms. The molecule has 2 amide bonds. The second kappa shape index (κ2) is 9.97. The Balaban J connectivity index is 1.67. The number of nitrogens with zero attached hydrogens (tertiary/aromatic N) is 2. The lowest BCUT2D eigenvalue weighted by Gasteiger charge is -2.27. The maximum atomic E-state index is 13.6. The zero-order valence-electron chi connectivity index (χ0n) is 18.4. The molecule has 7 nitrogen and oxygen atoms in total. The lowest BCUT2D eigenvalue weighted by molar-refractivity contribution is -0.122. The van der Waals surface area contributed by atoms with Crippen LogP contribution in [0.5, 0.6) is 5.75 Å². The second-order valence-corrected chi connectivity index (χ2v) is 10.1. The van der Waals surface area contributed by atoms with E-state index in [1.54, 1.807) is 60.7 Å². The third-order valence-electron chi connectivity index (χ3n) is 5.66. The van der Waals surface area contributed by atoms with Crippen molar-refractivity contribution in [1.82, 2.24) is 4.31 Å². The fourth-order valence-electron chi connectivity index (χ4n) is 3.95. The highest BCUT2D eigenvalue weighted by Gasteiger charge is 2.46. The van der Waals surface area contributed by atoms with Crippen molar-refractivity contribution in [1.29, 1.82) is 0 Å². The number of amides is 2. The molecule has 0 saturated carbocycles. The van der Waals surface area contributed by atoms with Crippen LogP contribution in [-0.4, -0.2) is 44.2 Å². The number of rotatable bonds is 8. The van der Waals surface area contributed by atoms with Crippen molar-refractivity contribution in [3.63, 3.8) is 0 Å². The van der Waals surface area contributed by atoms with Crippen molar-refractivity contribution in [3.05, 3.63) is 89.4 Å². The monoisotopic (exact) mass is 498 g/mol. The zero-order valence-corrected chi connectivity index (χ0v) is 20.0. The molecule has 1 aliphatic heterocycles. The highest BCUT2D eigenvalue weighted by atomic mass is 35.5. The highest BCUT2D eigenvalue weighted by molar-refractivity contribution is 7.89. The molecule has 3 aromatic carbocycles. The predicted molar refractivity (Wildman–Crippen MR) is 129 cm³/mol. The fraction of sp³-hybridized carbons (Fsp3) is 0.200. The first-order valence-corrected chi connectivity index (χ1v) is 12.5. The predicted octanol–water partition coefficient (Wildman–Crippen LogP) is 3.91. The Labute approximate surface area is 203 Å². The number of methoxy groups -OCH3 is 1. The number of hydrogen-bond acceptors (Lipinski definition) is 5. The molecule has 3 aromatic rings. The maximum absolute atomic E-state index is 13.6. The standard InChI is InChI=1S/C25H23ClN2O5S/c1-33-21-12-10-20(11-13-21)28-24(29)17-23(25(28)30)27(15-14-18-6-5-7-19(26)16-18)34(31,32)22-8-3-2-4-9-22/h2-13,16,23H,14-15,17H2,1H3. The Morgan fingerprint density at radius 3 is 2.35 bits per heavy atom. The molecular formula is C25H23ClN2O5S. The van der Waals surface area contributed by atoms with E-state index in [9.17, 15) is 18.0 Å². The molecule has 1 unspecified atom stereocenters. The first-order chi connectivity index (χ1) is 16.3. The Hall–Kier alpha value is -3.20. The molecule has 0 aromatic heterocycles. The summed E-state index contributed by atoms with van der Waals surface area (Å²) in [6.45, 7) is 0.0116. The van der Waals surface area contributed by atoms with Crippen LogP contribution >= 0.6 is 11.6 Å². The molecule has 34 heavy (non-hydrogen) atoms. The van der Waals surface area contributed by atoms with Crippen LogP contribution in [0.3, 0.4) is 0 Å². The molecule has 176 valence electrons. The van der Waals surface area contributed by atoms with E-state index >= 15 is 0 Å². The topological polar surface area (TPSA) is 84.0 Å². The summed E-state index contributed by atoms with van der Waals surface area (Å²) in [5.41, 5.74) is 1.19. The number of halogens is 1. The number of imide groups is 1. The van der Waals surface area contributed by atoms with Gasteiger partial charge in [-0.25, -0.2) is 13.3 Å². The van der Waals surface area contributed by atoms with Gasteiger partial charge >= 0.3 is 0 Å². The van der Waals surface area contributed by atoms with Gasteiger partial charge in [-0.2, -0.15) is 4.31 Å². The normalized spacial score (nSPS) is 16.3. The van der Waals surface area contributed by atoms with Crippen molar-refractivity contribution < 1.29 is 22.7 Å². The molecule has 0 N–H and O–H groups in total. The minimum atomic E-state index is -4.06. The molecule has 1 atom stereocenters. The number of carbonyl (C=O) groups is 2. The summed E-state index contributed by atoms with van der Waals surface area (Å²) in [6, 6.07) is 20.3. The number of ether oxygens (including phenoxy) is 1. The molecule has 1 aliphatic rings. The van der Waals surface area contributed by atoms with E-state index in [0.717, 1.165) is 14.8 Å². The number of hydrogen-bond donors (Lipinski definition) is 0. The summed E-state index contributed by atoms with van der Waals surface area (Å²) in [5.74, 6) is -0.467. The van der Waals surface area contributed by atoms with Gasteiger partial charge in [0.2, 0.25) is 15.9 Å². The van der Waals surface area contributed by atoms with E-state index in [1.165, 1.54) is 19.2 Å². The Morgan fingerprint density at radius 2 is 1.71 bits per heavy atom. The van der Waals surface area contributed by atoms with Crippen molar-refractivity contribution in [2.75, 3.05) is 18.6 Å². The summed E-state index contributed by atoms with van der Waals surface area (Å²) in [5, 5.41) is 0.535. The van der Waals surface area contributed by atoms with Gasteiger partial charge in [0.1, 0.15) is 11.8 Å². The molecule has 4 rings (SSSR count). The Morgan fingerprint density at radius 1 is 1.00 bits per heavy atom. The van der Waals surface area contributed by atoms with E-state index < -0.39 is 27.9 Å². The van der Waals surface area contributed by atoms with E-state index in [4.69, 9.17) is 16.3 Å². The molecule has 0 spiro atoms. The number of anilines is 1. The number of benzene rings is 3. The third kappa shape index (κ3) is 4.84. The van der Waals surface area contributed by atoms with Gasteiger partial charge in [-0.3, -0.25) is 9.59 Å². The molecule has 0 radical (unpaired) electrons. The molecule has 1 saturated heterocycles. The largest absolute Gasteiger partial charge is 0.497 e. The second-order valence-electron chi connectivity index (χ2n) is 7.79. The Kier molecular flexibility index (Phi) is 7.02. The average Bonchev–Trinajstić information content (AvgIpc) is 3.13. The van der Waals surface area contributed by atoms with Crippen LogP contribution in [0.4, 0.5) is 5.69 Å². The van der Waals surface area contributed by atoms with Gasteiger partial charge in [-0.1, -0.05) is 41.9 Å². The van der Waals surface area contributed by atoms with Crippen LogP contribution in [0.15, 0.2) is 83.8 Å². The minimum Gasteiger partial charge on any atom is -0.497 e. The summed E-state index contributed by atoms with van der Waals surface area (Å²) in [6.07, 6.45) is 0.0829. The van der Waals surface area contributed by atoms with Crippen LogP contribution in [0.2, 0.25) is 5.02 Å². The average molecular weight is 499 g/mol. The third-order valence-corrected chi connectivity index (χ3v) is 7.82. The number of sulfonamides is 1. The lowest BCUT2D eigenvalue weighted by Crippen LogP contribution is -2.46. The van der Waals surface area contributed by atoms with Gasteiger partial charge < -0.3 is 4.74 Å². The van der Waals surface area contributed by atoms with E-state index in [2.05, 4.69) is 0 Å². The van der Waals surface area contributed by atoms with Gasteiger partial charge in [-0.05, 0) is 60.5 Å². The quantitative estimate of drug-likeness (QED) is 0.440. The molecule has 0 aliphatic carbocycles. The Bertz CT molecular complexity index is 1300. The number of carbonyl (C=O) groups excluding carboxylic acids is 2. The van der Waals surface area contributed by atoms with Crippen LogP contribution in [-0.2, 0) is 26.0 Å². The first-order valence-electron chi connectivity index (χ1n) is 10.6. The van der Waals surface area contributed by atoms with E-state index in [0.29, 0.717) is 22.9 Å². The summed E-state index contributed by atoms with van der Waals surface area (Å²) < 4.78 is 33.4. The van der Waals surface area contributed by atoms with Gasteiger partial charge in [0, 0.05) is 11.6 Å². The van der Waals surface area contributed by atoms with Crippen molar-refractivity contribution in [3.8, 4) is 5.75 Å². The van der Waals surface area contributed by atoms with Gasteiger partial charge in [0.15, 0.2) is 0 Å². The molecule has 1 heterocycles. The van der Waals surface area contributed by atoms with Crippen LogP contribution in [0.1, 0.15) is 12.0 Å². The lowest BCUT2D eigenvalue weighted by atomic mass is 10.1. The first kappa shape index (κ1) is 23.9. The van der Waals surface area contributed by atoms with E-state index in [-0.39, 0.29) is 17.9 Å². The minimum absolute atomic E-state index is 0.0116. The summed E-state index contributed by atoms with van der Waals surface area (Å²) >= 11 is 6.08. The molecular weight excluding hydrogens is 476 g/mol. The molecule has 0 bridgehead atoms. The smallest absolute Gasteiger partial charge is 0.252 e. The van der Waals surface area contributed by atoms with Crippen molar-refractivity contribution in [2.24, 2.45) is 0 Å². The van der Waals surface area contributed by atoms with Gasteiger partial charge in [0.25, 0.3) is 5.91 Å². The maximum Gasteiger partial charge on any atom is 0.252 e. The summed E-state index contributed by atoms with van der Waals surface area (Å²) in [4.78, 5) is 27.4. The fourth-order valence-corrected chi connectivity index (χ4v) is 5.76. The zero-order chi connectivity index (χ0) is 24.3. The molecule has 1 fully saturated rings. The van der Waals surface area contributed by atoms with E-state index in [1.807, 2.05) is 6.07 Å². The van der Waals surface area contributed by atoms with Crippen LogP contribution in [0.25, 0.3) is 0 Å². The SMILES string of the molecule is COc1ccc(N2C(=O)CC(N(CCc3cccc(Cl)c3)S(=O)(=O)c3ccccc3)C2=O)cc1. The van der Waals surface area contributed by atoms with Crippen molar-refractivity contribution >= 4 is 39.1 Å². The van der Waals surface area contributed by atoms with Crippen LogP contribution < -0.4 is 9.64 Å². The highest BCUT2D eigenvalue weighted by Crippen LogP contribution is 2.30. The van der Waals surface area contributed by atoms with Gasteiger partial charge in [0.05, 0.1) is 24.1 Å². The van der Waals surface area contributed by atoms with Crippen LogP contribution in [0, 0.1) is 0 Å².